The maximum Gasteiger partial charge on any atom is 0.222 e. The number of hydrogen-bond acceptors (Lipinski definition) is 3. The van der Waals surface area contributed by atoms with Crippen LogP contribution in [0.1, 0.15) is 42.5 Å². The molecule has 1 aliphatic heterocycles. The van der Waals surface area contributed by atoms with Crippen molar-refractivity contribution in [1.29, 1.82) is 0 Å². The second-order valence-electron chi connectivity index (χ2n) is 6.23. The smallest absolute Gasteiger partial charge is 0.222 e. The number of halogens is 1. The Morgan fingerprint density at radius 1 is 1.08 bits per heavy atom. The zero-order valence-electron chi connectivity index (χ0n) is 14.1. The van der Waals surface area contributed by atoms with Gasteiger partial charge in [0.2, 0.25) is 5.91 Å². The molecule has 1 heterocycles. The largest absolute Gasteiger partial charge is 0.376 e. The first-order valence-corrected chi connectivity index (χ1v) is 8.50. The minimum Gasteiger partial charge on any atom is -0.376 e. The normalized spacial score (nSPS) is 18.8. The predicted octanol–water partition coefficient (Wildman–Crippen LogP) is 3.53. The summed E-state index contributed by atoms with van der Waals surface area (Å²) < 4.78 is 5.81. The Hall–Kier alpha value is -1.88. The molecule has 1 amide bonds. The highest BCUT2D eigenvalue weighted by atomic mass is 35.5. The molecule has 0 spiro atoms. The van der Waals surface area contributed by atoms with Gasteiger partial charge in [-0.3, -0.25) is 4.79 Å². The number of amides is 1. The van der Waals surface area contributed by atoms with Crippen molar-refractivity contribution in [2.75, 3.05) is 6.61 Å². The van der Waals surface area contributed by atoms with Gasteiger partial charge in [0.1, 0.15) is 0 Å². The third-order valence-corrected chi connectivity index (χ3v) is 4.44. The number of carbonyl (C=O) groups excluding carboxylic acids is 1. The molecule has 3 N–H and O–H groups in total. The van der Waals surface area contributed by atoms with E-state index in [-0.39, 0.29) is 42.9 Å². The Bertz CT molecular complexity index is 645. The molecule has 0 saturated carbocycles. The molecular formula is C20H25ClN2O2. The zero-order valence-corrected chi connectivity index (χ0v) is 15.0. The molecular weight excluding hydrogens is 336 g/mol. The molecule has 4 nitrogen and oxygen atoms in total. The van der Waals surface area contributed by atoms with Crippen molar-refractivity contribution < 1.29 is 9.53 Å². The fourth-order valence-electron chi connectivity index (χ4n) is 3.17. The van der Waals surface area contributed by atoms with Gasteiger partial charge in [-0.15, -0.1) is 12.4 Å². The Morgan fingerprint density at radius 3 is 2.24 bits per heavy atom. The summed E-state index contributed by atoms with van der Waals surface area (Å²) in [6.07, 6.45) is 2.29. The monoisotopic (exact) mass is 360 g/mol. The van der Waals surface area contributed by atoms with E-state index < -0.39 is 0 Å². The molecule has 0 aromatic heterocycles. The van der Waals surface area contributed by atoms with E-state index in [4.69, 9.17) is 10.5 Å². The second-order valence-corrected chi connectivity index (χ2v) is 6.23. The lowest BCUT2D eigenvalue weighted by molar-refractivity contribution is -0.123. The van der Waals surface area contributed by atoms with Crippen LogP contribution in [-0.4, -0.2) is 18.6 Å². The minimum atomic E-state index is -0.299. The number of hydrogen-bond donors (Lipinski definition) is 2. The van der Waals surface area contributed by atoms with Gasteiger partial charge >= 0.3 is 0 Å². The first-order valence-electron chi connectivity index (χ1n) is 8.50. The van der Waals surface area contributed by atoms with Gasteiger partial charge < -0.3 is 15.8 Å². The van der Waals surface area contributed by atoms with E-state index >= 15 is 0 Å². The number of nitrogens with one attached hydrogen (secondary N) is 1. The maximum atomic E-state index is 12.5. The SMILES string of the molecule is Cl.NC(CC(=O)NC(c1ccccc1)C1CCCO1)c1ccccc1. The van der Waals surface area contributed by atoms with E-state index in [2.05, 4.69) is 5.32 Å². The van der Waals surface area contributed by atoms with Crippen molar-refractivity contribution in [3.05, 3.63) is 71.8 Å². The summed E-state index contributed by atoms with van der Waals surface area (Å²) >= 11 is 0. The van der Waals surface area contributed by atoms with E-state index in [0.717, 1.165) is 30.6 Å². The highest BCUT2D eigenvalue weighted by molar-refractivity contribution is 5.85. The van der Waals surface area contributed by atoms with Crippen molar-refractivity contribution in [3.8, 4) is 0 Å². The van der Waals surface area contributed by atoms with E-state index in [1.54, 1.807) is 0 Å². The molecule has 3 rings (SSSR count). The van der Waals surface area contributed by atoms with E-state index in [1.807, 2.05) is 60.7 Å². The van der Waals surface area contributed by atoms with Gasteiger partial charge in [-0.1, -0.05) is 60.7 Å². The quantitative estimate of drug-likeness (QED) is 0.828. The Balaban J connectivity index is 0.00000225. The van der Waals surface area contributed by atoms with Gasteiger partial charge in [0.25, 0.3) is 0 Å². The van der Waals surface area contributed by atoms with Crippen LogP contribution < -0.4 is 11.1 Å². The average Bonchev–Trinajstić information content (AvgIpc) is 3.15. The summed E-state index contributed by atoms with van der Waals surface area (Å²) in [6, 6.07) is 19.3. The first-order chi connectivity index (χ1) is 11.7. The first kappa shape index (κ1) is 19.4. The fourth-order valence-corrected chi connectivity index (χ4v) is 3.17. The molecule has 1 saturated heterocycles. The Kier molecular flexibility index (Phi) is 7.44. The number of rotatable bonds is 6. The maximum absolute atomic E-state index is 12.5. The summed E-state index contributed by atoms with van der Waals surface area (Å²) in [6.45, 7) is 0.757. The van der Waals surface area contributed by atoms with Gasteiger partial charge in [0.05, 0.1) is 12.1 Å². The van der Waals surface area contributed by atoms with Crippen LogP contribution >= 0.6 is 12.4 Å². The lowest BCUT2D eigenvalue weighted by Crippen LogP contribution is -2.37. The average molecular weight is 361 g/mol. The molecule has 134 valence electrons. The van der Waals surface area contributed by atoms with Gasteiger partial charge in [0.15, 0.2) is 0 Å². The summed E-state index contributed by atoms with van der Waals surface area (Å²) in [7, 11) is 0. The molecule has 0 aliphatic carbocycles. The summed E-state index contributed by atoms with van der Waals surface area (Å²) in [5.74, 6) is -0.0456. The van der Waals surface area contributed by atoms with Crippen LogP contribution in [0.3, 0.4) is 0 Å². The Labute approximate surface area is 155 Å². The van der Waals surface area contributed by atoms with Crippen molar-refractivity contribution in [3.63, 3.8) is 0 Å². The van der Waals surface area contributed by atoms with Gasteiger partial charge in [-0.2, -0.15) is 0 Å². The predicted molar refractivity (Wildman–Crippen MR) is 102 cm³/mol. The van der Waals surface area contributed by atoms with Crippen LogP contribution in [0.5, 0.6) is 0 Å². The Morgan fingerprint density at radius 2 is 1.68 bits per heavy atom. The van der Waals surface area contributed by atoms with Crippen LogP contribution in [0.15, 0.2) is 60.7 Å². The standard InChI is InChI=1S/C20H24N2O2.ClH/c21-17(15-8-3-1-4-9-15)14-19(23)22-20(18-12-7-13-24-18)16-10-5-2-6-11-16;/h1-6,8-11,17-18,20H,7,12-14,21H2,(H,22,23);1H. The molecule has 0 radical (unpaired) electrons. The molecule has 0 bridgehead atoms. The number of carbonyl (C=O) groups is 1. The molecule has 1 aliphatic rings. The van der Waals surface area contributed by atoms with Crippen molar-refractivity contribution in [1.82, 2.24) is 5.32 Å². The molecule has 3 unspecified atom stereocenters. The molecule has 25 heavy (non-hydrogen) atoms. The number of ether oxygens (including phenoxy) is 1. The summed E-state index contributed by atoms with van der Waals surface area (Å²) in [5, 5.41) is 3.13. The number of nitrogens with two attached hydrogens (primary N) is 1. The van der Waals surface area contributed by atoms with Crippen molar-refractivity contribution >= 4 is 18.3 Å². The second kappa shape index (κ2) is 9.56. The van der Waals surface area contributed by atoms with E-state index in [1.165, 1.54) is 0 Å². The molecule has 2 aromatic rings. The lowest BCUT2D eigenvalue weighted by atomic mass is 9.98. The third kappa shape index (κ3) is 5.30. The van der Waals surface area contributed by atoms with Crippen molar-refractivity contribution in [2.45, 2.75) is 37.5 Å². The highest BCUT2D eigenvalue weighted by Crippen LogP contribution is 2.27. The summed E-state index contributed by atoms with van der Waals surface area (Å²) in [4.78, 5) is 12.5. The van der Waals surface area contributed by atoms with Gasteiger partial charge in [-0.05, 0) is 24.0 Å². The third-order valence-electron chi connectivity index (χ3n) is 4.44. The van der Waals surface area contributed by atoms with Crippen LogP contribution in [0.25, 0.3) is 0 Å². The van der Waals surface area contributed by atoms with Gasteiger partial charge in [-0.25, -0.2) is 0 Å². The minimum absolute atomic E-state index is 0. The van der Waals surface area contributed by atoms with E-state index in [9.17, 15) is 4.79 Å². The van der Waals surface area contributed by atoms with Crippen LogP contribution in [0.4, 0.5) is 0 Å². The van der Waals surface area contributed by atoms with Crippen LogP contribution in [0.2, 0.25) is 0 Å². The fraction of sp³-hybridized carbons (Fsp3) is 0.350. The topological polar surface area (TPSA) is 64.4 Å². The van der Waals surface area contributed by atoms with Gasteiger partial charge in [0, 0.05) is 19.1 Å². The lowest BCUT2D eigenvalue weighted by Gasteiger charge is -2.25. The number of benzene rings is 2. The van der Waals surface area contributed by atoms with Crippen molar-refractivity contribution in [2.24, 2.45) is 5.73 Å². The molecule has 3 atom stereocenters. The molecule has 5 heteroatoms. The summed E-state index contributed by atoms with van der Waals surface area (Å²) in [5.41, 5.74) is 8.22. The van der Waals surface area contributed by atoms with Crippen LogP contribution in [0, 0.1) is 0 Å². The zero-order chi connectivity index (χ0) is 16.8. The molecule has 2 aromatic carbocycles. The van der Waals surface area contributed by atoms with E-state index in [0.29, 0.717) is 0 Å². The van der Waals surface area contributed by atoms with Crippen LogP contribution in [-0.2, 0) is 9.53 Å². The highest BCUT2D eigenvalue weighted by Gasteiger charge is 2.29. The molecule has 1 fully saturated rings.